The Kier molecular flexibility index (Phi) is 10.5. The van der Waals surface area contributed by atoms with Crippen molar-refractivity contribution in [3.05, 3.63) is 281 Å². The van der Waals surface area contributed by atoms with Crippen molar-refractivity contribution < 1.29 is 4.79 Å². The summed E-state index contributed by atoms with van der Waals surface area (Å²) in [5.41, 5.74) is 19.2. The van der Waals surface area contributed by atoms with Crippen LogP contribution in [0.15, 0.2) is 187 Å². The Balaban J connectivity index is 1.02. The van der Waals surface area contributed by atoms with Crippen LogP contribution in [0.4, 0.5) is 0 Å². The normalized spacial score (nSPS) is 14.7. The highest BCUT2D eigenvalue weighted by molar-refractivity contribution is 7.23. The summed E-state index contributed by atoms with van der Waals surface area (Å²) < 4.78 is 1.20. The first kappa shape index (κ1) is 46.1. The Labute approximate surface area is 457 Å². The molecule has 0 spiro atoms. The number of fused-ring (bicyclic) bond motifs is 9. The van der Waals surface area contributed by atoms with E-state index in [1.165, 1.54) is 107 Å². The van der Waals surface area contributed by atoms with Gasteiger partial charge < -0.3 is 0 Å². The molecule has 3 nitrogen and oxygen atoms in total. The molecule has 0 saturated carbocycles. The minimum atomic E-state index is -0.664. The van der Waals surface area contributed by atoms with E-state index in [2.05, 4.69) is 185 Å². The Morgan fingerprint density at radius 3 is 1.67 bits per heavy atom. The lowest BCUT2D eigenvalue weighted by Gasteiger charge is -2.36. The van der Waals surface area contributed by atoms with Crippen molar-refractivity contribution in [1.29, 1.82) is 10.5 Å². The fourth-order valence-corrected chi connectivity index (χ4v) is 16.5. The fraction of sp³-hybridized carbons (Fsp3) is 0.0870. The van der Waals surface area contributed by atoms with Crippen LogP contribution in [0.1, 0.15) is 87.6 Å². The molecule has 0 aliphatic heterocycles. The number of aryl methyl sites for hydroxylation is 4. The van der Waals surface area contributed by atoms with E-state index in [4.69, 9.17) is 0 Å². The number of hydrogen-bond donors (Lipinski definition) is 0. The van der Waals surface area contributed by atoms with Crippen molar-refractivity contribution in [3.8, 4) is 53.2 Å². The van der Waals surface area contributed by atoms with E-state index in [0.29, 0.717) is 22.3 Å². The summed E-state index contributed by atoms with van der Waals surface area (Å²) in [6.07, 6.45) is 1.85. The third kappa shape index (κ3) is 6.59. The van der Waals surface area contributed by atoms with Gasteiger partial charge in [0, 0.05) is 51.9 Å². The minimum Gasteiger partial charge on any atom is -0.289 e. The van der Waals surface area contributed by atoms with Crippen molar-refractivity contribution in [2.75, 3.05) is 0 Å². The standard InChI is InChI=1S/C69H42N2OS4/c1-39-11-20-45(21-12-39)68(46-22-13-40(2)14-23-46)56-35-54-57(34-53(56)66-58(68)36-62(76-66)60-10-7-31-73-60)69(47-24-15-41(3)16-25-47,48-26-17-42(4)18-27-48)64-52-29-19-43(32-61(52)75-67(54)64)59-30-28-49(74-59)33-55-63(44(37-70)38-71)50-8-5-6-9-51(50)65(55)72/h5-6,8-30,32-36H,1-4H3/b55-33-. The second kappa shape index (κ2) is 17.3. The summed E-state index contributed by atoms with van der Waals surface area (Å²) >= 11 is 6.98. The SMILES string of the molecule is Cc1ccc(C2(c3ccc(C)cc3)c3cc4c(cc3-c3sc(-c5cc#cs5)cc32)C(c2ccc(C)cc2)(c2ccc(C)cc2)c2c-4sc3cc(-c4ccc(/C=C5\C(=O)c6ccccc6C5=C(C#N)C#N)s4)ccc23)cc1. The van der Waals surface area contributed by atoms with Crippen LogP contribution in [0, 0.1) is 61.8 Å². The van der Waals surface area contributed by atoms with Gasteiger partial charge in [-0.05, 0) is 148 Å². The van der Waals surface area contributed by atoms with Gasteiger partial charge in [0.05, 0.1) is 15.7 Å². The number of rotatable bonds is 7. The van der Waals surface area contributed by atoms with Gasteiger partial charge >= 0.3 is 0 Å². The average molecular weight is 1040 g/mol. The molecule has 358 valence electrons. The first-order chi connectivity index (χ1) is 37.1. The number of thiophene rings is 3. The monoisotopic (exact) mass is 1040 g/mol. The Bertz CT molecular complexity index is 4280. The van der Waals surface area contributed by atoms with E-state index in [-0.39, 0.29) is 11.4 Å². The third-order valence-corrected chi connectivity index (χ3v) is 20.3. The van der Waals surface area contributed by atoms with Crippen molar-refractivity contribution >= 4 is 72.9 Å². The molecular formula is C69H42N2OS4. The minimum absolute atomic E-state index is 0.0652. The van der Waals surface area contributed by atoms with Gasteiger partial charge in [-0.3, -0.25) is 4.79 Å². The van der Waals surface area contributed by atoms with Crippen LogP contribution in [0.25, 0.3) is 62.8 Å². The first-order valence-electron chi connectivity index (χ1n) is 25.2. The molecule has 0 radical (unpaired) electrons. The Morgan fingerprint density at radius 2 is 1.09 bits per heavy atom. The lowest BCUT2D eigenvalue weighted by Crippen LogP contribution is -2.30. The second-order valence-electron chi connectivity index (χ2n) is 20.2. The second-order valence-corrected chi connectivity index (χ2v) is 24.3. The largest absolute Gasteiger partial charge is 0.289 e. The molecule has 0 fully saturated rings. The molecule has 0 atom stereocenters. The number of nitrogens with zero attached hydrogens (tertiary/aromatic N) is 2. The van der Waals surface area contributed by atoms with Crippen LogP contribution in [0.2, 0.25) is 0 Å². The van der Waals surface area contributed by atoms with E-state index in [0.717, 1.165) is 15.3 Å². The van der Waals surface area contributed by atoms with Crippen molar-refractivity contribution in [1.82, 2.24) is 0 Å². The van der Waals surface area contributed by atoms with E-state index < -0.39 is 10.8 Å². The maximum Gasteiger partial charge on any atom is 0.194 e. The molecule has 3 aliphatic carbocycles. The molecular weight excluding hydrogens is 1000 g/mol. The summed E-state index contributed by atoms with van der Waals surface area (Å²) in [7, 11) is 0. The average Bonchev–Trinajstić information content (AvgIpc) is 4.52. The molecule has 4 aromatic heterocycles. The molecule has 0 N–H and O–H groups in total. The summed E-state index contributed by atoms with van der Waals surface area (Å²) in [5.74, 6) is -0.180. The molecule has 76 heavy (non-hydrogen) atoms. The highest BCUT2D eigenvalue weighted by Crippen LogP contribution is 2.66. The summed E-state index contributed by atoms with van der Waals surface area (Å²) in [4.78, 5) is 20.8. The fourth-order valence-electron chi connectivity index (χ4n) is 12.4. The lowest BCUT2D eigenvalue weighted by atomic mass is 9.65. The van der Waals surface area contributed by atoms with E-state index in [1.807, 2.05) is 65.2 Å². The van der Waals surface area contributed by atoms with Crippen molar-refractivity contribution in [2.24, 2.45) is 0 Å². The molecule has 0 saturated heterocycles. The van der Waals surface area contributed by atoms with Gasteiger partial charge in [0.15, 0.2) is 5.78 Å². The van der Waals surface area contributed by atoms with Gasteiger partial charge in [0.2, 0.25) is 0 Å². The van der Waals surface area contributed by atoms with E-state index in [9.17, 15) is 15.3 Å². The summed E-state index contributed by atoms with van der Waals surface area (Å²) in [5, 5.41) is 24.4. The number of hydrogen-bond acceptors (Lipinski definition) is 7. The zero-order valence-corrected chi connectivity index (χ0v) is 45.0. The van der Waals surface area contributed by atoms with Crippen molar-refractivity contribution in [2.45, 2.75) is 38.5 Å². The van der Waals surface area contributed by atoms with Gasteiger partial charge in [-0.15, -0.1) is 34.0 Å². The molecule has 11 aromatic rings. The number of benzene rings is 7. The van der Waals surface area contributed by atoms with Crippen LogP contribution in [-0.4, -0.2) is 5.78 Å². The highest BCUT2D eigenvalue weighted by atomic mass is 32.1. The Hall–Kier alpha value is -8.45. The third-order valence-electron chi connectivity index (χ3n) is 15.9. The van der Waals surface area contributed by atoms with Gasteiger partial charge in [-0.25, -0.2) is 0 Å². The summed E-state index contributed by atoms with van der Waals surface area (Å²) in [6, 6.07) is 72.3. The number of carbonyl (C=O) groups excluding carboxylic acids is 1. The zero-order valence-electron chi connectivity index (χ0n) is 41.8. The summed E-state index contributed by atoms with van der Waals surface area (Å²) in [6.45, 7) is 8.68. The van der Waals surface area contributed by atoms with Gasteiger partial charge in [-0.2, -0.15) is 10.5 Å². The number of ketones is 1. The predicted octanol–water partition coefficient (Wildman–Crippen LogP) is 18.1. The molecule has 0 amide bonds. The highest BCUT2D eigenvalue weighted by Gasteiger charge is 2.53. The predicted molar refractivity (Wildman–Crippen MR) is 314 cm³/mol. The number of allylic oxidation sites excluding steroid dienone is 3. The van der Waals surface area contributed by atoms with Crippen LogP contribution in [0.3, 0.4) is 0 Å². The zero-order chi connectivity index (χ0) is 51.6. The smallest absolute Gasteiger partial charge is 0.194 e. The first-order valence-corrected chi connectivity index (χ1v) is 28.4. The Morgan fingerprint density at radius 1 is 0.526 bits per heavy atom. The van der Waals surface area contributed by atoms with E-state index >= 15 is 0 Å². The van der Waals surface area contributed by atoms with Gasteiger partial charge in [0.25, 0.3) is 0 Å². The number of Topliss-reactive ketones (excluding diaryl/α,β-unsaturated/α-hetero) is 1. The lowest BCUT2D eigenvalue weighted by molar-refractivity contribution is 0.104. The van der Waals surface area contributed by atoms with Crippen LogP contribution in [0.5, 0.6) is 0 Å². The number of nitriles is 2. The molecule has 0 bridgehead atoms. The molecule has 7 aromatic carbocycles. The quantitative estimate of drug-likeness (QED) is 0.118. The molecule has 14 rings (SSSR count). The molecule has 7 heteroatoms. The van der Waals surface area contributed by atoms with Crippen LogP contribution < -0.4 is 0 Å². The molecule has 4 heterocycles. The van der Waals surface area contributed by atoms with Gasteiger partial charge in [0.1, 0.15) is 17.7 Å². The topological polar surface area (TPSA) is 64.7 Å². The maximum absolute atomic E-state index is 13.9. The number of carbonyl (C=O) groups is 1. The van der Waals surface area contributed by atoms with Crippen molar-refractivity contribution in [3.63, 3.8) is 0 Å². The van der Waals surface area contributed by atoms with Crippen LogP contribution >= 0.6 is 45.3 Å². The van der Waals surface area contributed by atoms with Gasteiger partial charge in [-0.1, -0.05) is 173 Å². The van der Waals surface area contributed by atoms with Crippen LogP contribution in [-0.2, 0) is 10.8 Å². The molecule has 0 unspecified atom stereocenters. The molecule has 3 aliphatic rings. The van der Waals surface area contributed by atoms with E-state index in [1.54, 1.807) is 28.7 Å². The maximum atomic E-state index is 13.9.